The lowest BCUT2D eigenvalue weighted by molar-refractivity contribution is 0.0969. The molecule has 0 aliphatic heterocycles. The molecule has 1 aliphatic carbocycles. The van der Waals surface area contributed by atoms with E-state index in [0.717, 1.165) is 41.9 Å². The zero-order chi connectivity index (χ0) is 15.8. The number of Topliss-reactive ketones (excluding diaryl/α,β-unsaturated/α-hetero) is 1. The topological polar surface area (TPSA) is 48.5 Å². The van der Waals surface area contributed by atoms with Crippen LogP contribution in [0.25, 0.3) is 16.9 Å². The molecular weight excluding hydrogens is 290 g/mol. The molecule has 3 aromatic rings. The number of ketones is 1. The number of imidazole rings is 1. The van der Waals surface area contributed by atoms with Crippen molar-refractivity contribution in [1.29, 1.82) is 0 Å². The van der Waals surface area contributed by atoms with Gasteiger partial charge in [0.05, 0.1) is 24.1 Å². The maximum Gasteiger partial charge on any atom is 0.168 e. The van der Waals surface area contributed by atoms with E-state index in [4.69, 9.17) is 4.74 Å². The van der Waals surface area contributed by atoms with Gasteiger partial charge in [-0.05, 0) is 31.0 Å². The van der Waals surface area contributed by atoms with E-state index in [-0.39, 0.29) is 11.7 Å². The summed E-state index contributed by atoms with van der Waals surface area (Å²) in [6.45, 7) is 1.41. The van der Waals surface area contributed by atoms with Crippen LogP contribution in [0.3, 0.4) is 0 Å². The van der Waals surface area contributed by atoms with Gasteiger partial charge in [-0.3, -0.25) is 4.79 Å². The van der Waals surface area contributed by atoms with Gasteiger partial charge in [0.1, 0.15) is 5.69 Å². The Kier molecular flexibility index (Phi) is 3.50. The largest absolute Gasteiger partial charge is 0.383 e. The number of ether oxygens (including phenoxy) is 1. The van der Waals surface area contributed by atoms with E-state index in [1.165, 1.54) is 0 Å². The Bertz CT molecular complexity index is 858. The van der Waals surface area contributed by atoms with Crippen LogP contribution in [-0.4, -0.2) is 33.5 Å². The predicted molar refractivity (Wildman–Crippen MR) is 87.5 cm³/mol. The lowest BCUT2D eigenvalue weighted by Crippen LogP contribution is -2.00. The molecule has 0 N–H and O–H groups in total. The molecule has 4 rings (SSSR count). The first-order chi connectivity index (χ1) is 11.3. The molecule has 3 heterocycles. The van der Waals surface area contributed by atoms with Crippen LogP contribution in [0.5, 0.6) is 0 Å². The first-order valence-electron chi connectivity index (χ1n) is 7.93. The molecule has 5 heteroatoms. The highest BCUT2D eigenvalue weighted by Gasteiger charge is 2.32. The molecule has 0 spiro atoms. The first-order valence-corrected chi connectivity index (χ1v) is 7.93. The van der Waals surface area contributed by atoms with Crippen LogP contribution < -0.4 is 0 Å². The number of nitrogens with zero attached hydrogens (tertiary/aromatic N) is 3. The van der Waals surface area contributed by atoms with Gasteiger partial charge in [0.15, 0.2) is 5.78 Å². The van der Waals surface area contributed by atoms with Crippen LogP contribution in [0.2, 0.25) is 0 Å². The molecule has 1 aliphatic rings. The van der Waals surface area contributed by atoms with Gasteiger partial charge in [-0.2, -0.15) is 0 Å². The van der Waals surface area contributed by atoms with Crippen LogP contribution in [0.4, 0.5) is 0 Å². The molecule has 1 fully saturated rings. The molecule has 0 unspecified atom stereocenters. The van der Waals surface area contributed by atoms with Crippen molar-refractivity contribution in [1.82, 2.24) is 14.0 Å². The summed E-state index contributed by atoms with van der Waals surface area (Å²) in [6, 6.07) is 7.93. The molecule has 118 valence electrons. The van der Waals surface area contributed by atoms with Crippen LogP contribution in [0.1, 0.15) is 23.2 Å². The summed E-state index contributed by atoms with van der Waals surface area (Å²) in [5.41, 5.74) is 3.61. The van der Waals surface area contributed by atoms with Gasteiger partial charge in [0.25, 0.3) is 0 Å². The Balaban J connectivity index is 1.77. The summed E-state index contributed by atoms with van der Waals surface area (Å²) in [5.74, 6) is 0.479. The smallest absolute Gasteiger partial charge is 0.168 e. The van der Waals surface area contributed by atoms with Crippen molar-refractivity contribution < 1.29 is 9.53 Å². The SMILES string of the molecule is COCCn1cnc(-c2cc(C(=O)C3CC3)c3ccccn23)c1. The highest BCUT2D eigenvalue weighted by molar-refractivity contribution is 6.06. The van der Waals surface area contributed by atoms with E-state index < -0.39 is 0 Å². The normalized spacial score (nSPS) is 14.5. The third kappa shape index (κ3) is 2.57. The Hall–Kier alpha value is -2.40. The summed E-state index contributed by atoms with van der Waals surface area (Å²) in [5, 5.41) is 0. The van der Waals surface area contributed by atoms with Crippen molar-refractivity contribution in [2.75, 3.05) is 13.7 Å². The van der Waals surface area contributed by atoms with Gasteiger partial charge in [-0.1, -0.05) is 6.07 Å². The summed E-state index contributed by atoms with van der Waals surface area (Å²) >= 11 is 0. The average molecular weight is 309 g/mol. The molecule has 5 nitrogen and oxygen atoms in total. The fourth-order valence-corrected chi connectivity index (χ4v) is 2.92. The van der Waals surface area contributed by atoms with Gasteiger partial charge >= 0.3 is 0 Å². The Labute approximate surface area is 134 Å². The van der Waals surface area contributed by atoms with Crippen molar-refractivity contribution >= 4 is 11.3 Å². The molecule has 0 bridgehead atoms. The van der Waals surface area contributed by atoms with Crippen LogP contribution >= 0.6 is 0 Å². The van der Waals surface area contributed by atoms with E-state index in [2.05, 4.69) is 9.38 Å². The van der Waals surface area contributed by atoms with E-state index in [0.29, 0.717) is 6.61 Å². The summed E-state index contributed by atoms with van der Waals surface area (Å²) in [6.07, 6.45) is 7.83. The summed E-state index contributed by atoms with van der Waals surface area (Å²) < 4.78 is 9.16. The average Bonchev–Trinajstić information content (AvgIpc) is 3.21. The van der Waals surface area contributed by atoms with E-state index in [1.54, 1.807) is 13.4 Å². The van der Waals surface area contributed by atoms with Gasteiger partial charge in [-0.15, -0.1) is 0 Å². The molecule has 1 saturated carbocycles. The molecule has 23 heavy (non-hydrogen) atoms. The minimum atomic E-state index is 0.216. The number of hydrogen-bond donors (Lipinski definition) is 0. The van der Waals surface area contributed by atoms with Crippen molar-refractivity contribution in [3.05, 3.63) is 48.5 Å². The maximum atomic E-state index is 12.6. The number of carbonyl (C=O) groups is 1. The van der Waals surface area contributed by atoms with E-state index in [9.17, 15) is 4.79 Å². The Morgan fingerprint density at radius 3 is 3.04 bits per heavy atom. The number of aromatic nitrogens is 3. The second-order valence-corrected chi connectivity index (χ2v) is 6.03. The van der Waals surface area contributed by atoms with Crippen molar-refractivity contribution in [2.45, 2.75) is 19.4 Å². The minimum Gasteiger partial charge on any atom is -0.383 e. The van der Waals surface area contributed by atoms with Crippen molar-refractivity contribution in [3.8, 4) is 11.4 Å². The summed E-state index contributed by atoms with van der Waals surface area (Å²) in [4.78, 5) is 17.1. The second-order valence-electron chi connectivity index (χ2n) is 6.03. The lowest BCUT2D eigenvalue weighted by Gasteiger charge is -2.00. The van der Waals surface area contributed by atoms with Gasteiger partial charge in [-0.25, -0.2) is 4.98 Å². The fraction of sp³-hybridized carbons (Fsp3) is 0.333. The fourth-order valence-electron chi connectivity index (χ4n) is 2.92. The molecule has 0 radical (unpaired) electrons. The third-order valence-electron chi connectivity index (χ3n) is 4.34. The highest BCUT2D eigenvalue weighted by Crippen LogP contribution is 2.35. The van der Waals surface area contributed by atoms with Crippen molar-refractivity contribution in [3.63, 3.8) is 0 Å². The van der Waals surface area contributed by atoms with Crippen LogP contribution in [-0.2, 0) is 11.3 Å². The zero-order valence-corrected chi connectivity index (χ0v) is 13.1. The molecular formula is C18H19N3O2. The summed E-state index contributed by atoms with van der Waals surface area (Å²) in [7, 11) is 1.69. The molecule has 0 saturated heterocycles. The third-order valence-corrected chi connectivity index (χ3v) is 4.34. The number of methoxy groups -OCH3 is 1. The van der Waals surface area contributed by atoms with Gasteiger partial charge in [0, 0.05) is 37.5 Å². The molecule has 0 amide bonds. The van der Waals surface area contributed by atoms with Crippen LogP contribution in [0, 0.1) is 5.92 Å². The highest BCUT2D eigenvalue weighted by atomic mass is 16.5. The van der Waals surface area contributed by atoms with Gasteiger partial charge in [0.2, 0.25) is 0 Å². The van der Waals surface area contributed by atoms with Crippen molar-refractivity contribution in [2.24, 2.45) is 5.92 Å². The minimum absolute atomic E-state index is 0.216. The number of pyridine rings is 1. The maximum absolute atomic E-state index is 12.6. The standard InChI is InChI=1S/C18H19N3O2/c1-23-9-8-20-11-15(19-12-20)17-10-14(18(22)13-5-6-13)16-4-2-3-7-21(16)17/h2-4,7,10-13H,5-6,8-9H2,1H3. The monoisotopic (exact) mass is 309 g/mol. The first kappa shape index (κ1) is 14.2. The number of rotatable bonds is 6. The molecule has 0 aromatic carbocycles. The number of carbonyl (C=O) groups excluding carboxylic acids is 1. The Morgan fingerprint density at radius 1 is 1.39 bits per heavy atom. The quantitative estimate of drug-likeness (QED) is 0.658. The van der Waals surface area contributed by atoms with E-state index in [1.807, 2.05) is 41.2 Å². The van der Waals surface area contributed by atoms with E-state index >= 15 is 0 Å². The number of fused-ring (bicyclic) bond motifs is 1. The molecule has 0 atom stereocenters. The Morgan fingerprint density at radius 2 is 2.26 bits per heavy atom. The second kappa shape index (κ2) is 5.66. The number of hydrogen-bond acceptors (Lipinski definition) is 3. The van der Waals surface area contributed by atoms with Gasteiger partial charge < -0.3 is 13.7 Å². The predicted octanol–water partition coefficient (Wildman–Crippen LogP) is 3.04. The zero-order valence-electron chi connectivity index (χ0n) is 13.1. The van der Waals surface area contributed by atoms with Crippen LogP contribution in [0.15, 0.2) is 43.0 Å². The molecule has 3 aromatic heterocycles. The lowest BCUT2D eigenvalue weighted by atomic mass is 10.1.